The highest BCUT2D eigenvalue weighted by Crippen LogP contribution is 2.33. The number of halogens is 2. The summed E-state index contributed by atoms with van der Waals surface area (Å²) in [6.07, 6.45) is 8.54. The van der Waals surface area contributed by atoms with E-state index in [1.807, 2.05) is 23.9 Å². The van der Waals surface area contributed by atoms with Crippen LogP contribution in [0.4, 0.5) is 5.69 Å². The smallest absolute Gasteiger partial charge is 0.276 e. The van der Waals surface area contributed by atoms with Crippen molar-refractivity contribution < 1.29 is 9.53 Å². The fourth-order valence-corrected chi connectivity index (χ4v) is 5.39. The molecule has 4 heterocycles. The van der Waals surface area contributed by atoms with E-state index in [-0.39, 0.29) is 11.6 Å². The van der Waals surface area contributed by atoms with Crippen LogP contribution in [0.25, 0.3) is 10.9 Å². The second-order valence-electron chi connectivity index (χ2n) is 9.23. The number of ether oxygens (including phenoxy) is 1. The number of rotatable bonds is 7. The summed E-state index contributed by atoms with van der Waals surface area (Å²) in [4.78, 5) is 19.4. The van der Waals surface area contributed by atoms with E-state index >= 15 is 0 Å². The first-order valence-electron chi connectivity index (χ1n) is 11.8. The van der Waals surface area contributed by atoms with Crippen LogP contribution >= 0.6 is 23.2 Å². The molecule has 0 spiro atoms. The van der Waals surface area contributed by atoms with Gasteiger partial charge in [-0.25, -0.2) is 0 Å². The number of likely N-dealkylation sites (tertiary alicyclic amines) is 1. The van der Waals surface area contributed by atoms with Crippen molar-refractivity contribution >= 4 is 45.7 Å². The van der Waals surface area contributed by atoms with Crippen molar-refractivity contribution in [3.05, 3.63) is 64.3 Å². The molecule has 2 unspecified atom stereocenters. The monoisotopic (exact) mass is 527 g/mol. The van der Waals surface area contributed by atoms with Crippen molar-refractivity contribution in [2.75, 3.05) is 25.5 Å². The number of hydrogen-bond acceptors (Lipinski definition) is 6. The third-order valence-corrected chi connectivity index (χ3v) is 7.02. The van der Waals surface area contributed by atoms with Crippen LogP contribution in [-0.2, 0) is 6.54 Å². The first-order chi connectivity index (χ1) is 17.4. The lowest BCUT2D eigenvalue weighted by Gasteiger charge is -2.29. The number of amides is 1. The van der Waals surface area contributed by atoms with Gasteiger partial charge >= 0.3 is 0 Å². The number of aromatic nitrogens is 5. The van der Waals surface area contributed by atoms with Crippen molar-refractivity contribution in [3.63, 3.8) is 0 Å². The minimum Gasteiger partial charge on any atom is -0.486 e. The van der Waals surface area contributed by atoms with Crippen LogP contribution in [0.5, 0.6) is 5.75 Å². The summed E-state index contributed by atoms with van der Waals surface area (Å²) in [6, 6.07) is 5.39. The van der Waals surface area contributed by atoms with Crippen molar-refractivity contribution in [1.29, 1.82) is 0 Å². The van der Waals surface area contributed by atoms with Gasteiger partial charge in [0.25, 0.3) is 5.91 Å². The Hall–Kier alpha value is -3.14. The molecule has 11 heteroatoms. The van der Waals surface area contributed by atoms with Gasteiger partial charge in [-0.15, -0.1) is 0 Å². The zero-order valence-corrected chi connectivity index (χ0v) is 21.6. The molecule has 0 radical (unpaired) electrons. The number of carbonyl (C=O) groups is 1. The molecule has 188 valence electrons. The molecule has 5 rings (SSSR count). The summed E-state index contributed by atoms with van der Waals surface area (Å²) >= 11 is 12.5. The van der Waals surface area contributed by atoms with Crippen LogP contribution in [-0.4, -0.2) is 55.9 Å². The molecular weight excluding hydrogens is 501 g/mol. The molecule has 1 aliphatic heterocycles. The SMILES string of the molecule is CC(Oc1ccc2[nH]nc(C(=O)Nc3cnn(CC4CCCN(C)C4)c3)c2c1)c1c(Cl)cncc1Cl. The summed E-state index contributed by atoms with van der Waals surface area (Å²) < 4.78 is 7.98. The number of anilines is 1. The number of piperidine rings is 1. The number of fused-ring (bicyclic) bond motifs is 1. The fourth-order valence-electron chi connectivity index (χ4n) is 4.72. The molecule has 4 aromatic rings. The largest absolute Gasteiger partial charge is 0.486 e. The second-order valence-corrected chi connectivity index (χ2v) is 10.0. The van der Waals surface area contributed by atoms with Crippen LogP contribution in [0.3, 0.4) is 0 Å². The van der Waals surface area contributed by atoms with Gasteiger partial charge < -0.3 is 15.0 Å². The zero-order chi connectivity index (χ0) is 25.2. The van der Waals surface area contributed by atoms with Gasteiger partial charge in [0.1, 0.15) is 11.9 Å². The van der Waals surface area contributed by atoms with Crippen LogP contribution in [0.2, 0.25) is 10.0 Å². The van der Waals surface area contributed by atoms with Crippen LogP contribution < -0.4 is 10.1 Å². The van der Waals surface area contributed by atoms with Crippen molar-refractivity contribution in [1.82, 2.24) is 29.9 Å². The van der Waals surface area contributed by atoms with Gasteiger partial charge in [0.05, 0.1) is 27.4 Å². The first-order valence-corrected chi connectivity index (χ1v) is 12.6. The maximum absolute atomic E-state index is 13.1. The molecule has 1 aromatic carbocycles. The minimum absolute atomic E-state index is 0.268. The summed E-state index contributed by atoms with van der Waals surface area (Å²) in [6.45, 7) is 4.88. The van der Waals surface area contributed by atoms with Gasteiger partial charge in [-0.3, -0.25) is 19.6 Å². The van der Waals surface area contributed by atoms with E-state index in [0.29, 0.717) is 38.3 Å². The van der Waals surface area contributed by atoms with Gasteiger partial charge in [-0.05, 0) is 57.5 Å². The highest BCUT2D eigenvalue weighted by molar-refractivity contribution is 6.35. The van der Waals surface area contributed by atoms with E-state index in [0.717, 1.165) is 25.2 Å². The van der Waals surface area contributed by atoms with Gasteiger partial charge in [0.15, 0.2) is 5.69 Å². The Kier molecular flexibility index (Phi) is 7.13. The topological polar surface area (TPSA) is 101 Å². The number of aromatic amines is 1. The lowest BCUT2D eigenvalue weighted by atomic mass is 9.99. The van der Waals surface area contributed by atoms with Crippen LogP contribution in [0.15, 0.2) is 43.0 Å². The number of benzene rings is 1. The molecule has 36 heavy (non-hydrogen) atoms. The molecule has 1 amide bonds. The number of H-pyrrole nitrogens is 1. The Morgan fingerprint density at radius 3 is 2.86 bits per heavy atom. The molecule has 0 saturated carbocycles. The summed E-state index contributed by atoms with van der Waals surface area (Å²) in [5.74, 6) is 0.781. The highest BCUT2D eigenvalue weighted by Gasteiger charge is 2.20. The maximum Gasteiger partial charge on any atom is 0.276 e. The van der Waals surface area contributed by atoms with E-state index in [4.69, 9.17) is 27.9 Å². The third kappa shape index (κ3) is 5.33. The van der Waals surface area contributed by atoms with E-state index in [1.165, 1.54) is 25.2 Å². The summed E-state index contributed by atoms with van der Waals surface area (Å²) in [5.41, 5.74) is 2.26. The molecule has 3 aromatic heterocycles. The molecule has 2 atom stereocenters. The molecule has 1 aliphatic rings. The highest BCUT2D eigenvalue weighted by atomic mass is 35.5. The number of pyridine rings is 1. The average molecular weight is 528 g/mol. The van der Waals surface area contributed by atoms with Gasteiger partial charge in [0, 0.05) is 42.6 Å². The predicted octanol–water partition coefficient (Wildman–Crippen LogP) is 5.20. The number of nitrogens with zero attached hydrogens (tertiary/aromatic N) is 5. The average Bonchev–Trinajstić information content (AvgIpc) is 3.45. The molecule has 1 fully saturated rings. The minimum atomic E-state index is -0.426. The van der Waals surface area contributed by atoms with E-state index < -0.39 is 6.10 Å². The van der Waals surface area contributed by atoms with Crippen molar-refractivity contribution in [3.8, 4) is 5.75 Å². The Labute approximate surface area is 218 Å². The van der Waals surface area contributed by atoms with E-state index in [9.17, 15) is 4.79 Å². The molecule has 9 nitrogen and oxygen atoms in total. The van der Waals surface area contributed by atoms with E-state index in [2.05, 4.69) is 37.5 Å². The summed E-state index contributed by atoms with van der Waals surface area (Å²) in [5, 5.41) is 16.0. The predicted molar refractivity (Wildman–Crippen MR) is 140 cm³/mol. The lowest BCUT2D eigenvalue weighted by molar-refractivity contribution is 0.102. The summed E-state index contributed by atoms with van der Waals surface area (Å²) in [7, 11) is 2.15. The molecule has 0 aliphatic carbocycles. The van der Waals surface area contributed by atoms with Crippen LogP contribution in [0, 0.1) is 5.92 Å². The maximum atomic E-state index is 13.1. The Balaban J connectivity index is 1.29. The molecule has 0 bridgehead atoms. The number of carbonyl (C=O) groups excluding carboxylic acids is 1. The Bertz CT molecular complexity index is 1370. The Morgan fingerprint density at radius 2 is 2.08 bits per heavy atom. The van der Waals surface area contributed by atoms with Crippen molar-refractivity contribution in [2.24, 2.45) is 5.92 Å². The fraction of sp³-hybridized carbons (Fsp3) is 0.360. The zero-order valence-electron chi connectivity index (χ0n) is 20.0. The van der Waals surface area contributed by atoms with Gasteiger partial charge in [0.2, 0.25) is 0 Å². The molecule has 1 saturated heterocycles. The second kappa shape index (κ2) is 10.5. The molecular formula is C25H27Cl2N7O2. The van der Waals surface area contributed by atoms with Crippen LogP contribution in [0.1, 0.15) is 41.9 Å². The van der Waals surface area contributed by atoms with Gasteiger partial charge in [-0.2, -0.15) is 10.2 Å². The van der Waals surface area contributed by atoms with E-state index in [1.54, 1.807) is 18.3 Å². The van der Waals surface area contributed by atoms with Gasteiger partial charge in [-0.1, -0.05) is 23.2 Å². The quantitative estimate of drug-likeness (QED) is 0.342. The molecule has 2 N–H and O–H groups in total. The number of nitrogens with one attached hydrogen (secondary N) is 2. The number of hydrogen-bond donors (Lipinski definition) is 2. The van der Waals surface area contributed by atoms with Crippen molar-refractivity contribution in [2.45, 2.75) is 32.4 Å². The Morgan fingerprint density at radius 1 is 1.28 bits per heavy atom. The lowest BCUT2D eigenvalue weighted by Crippen LogP contribution is -2.34. The standard InChI is InChI=1S/C25H27Cl2N7O2/c1-15(23-20(26)10-28-11-21(23)27)36-18-5-6-22-19(8-18)24(32-31-22)25(35)30-17-9-29-34(14-17)13-16-4-3-7-33(2)12-16/h5-6,8-11,14-16H,3-4,7,12-13H2,1-2H3,(H,30,35)(H,31,32). The normalized spacial score (nSPS) is 17.3. The first kappa shape index (κ1) is 24.5. The third-order valence-electron chi connectivity index (χ3n) is 6.42.